The Kier molecular flexibility index (Phi) is 5.55. The summed E-state index contributed by atoms with van der Waals surface area (Å²) in [5.74, 6) is 0. The van der Waals surface area contributed by atoms with Gasteiger partial charge in [-0.25, -0.2) is 0 Å². The second-order valence-corrected chi connectivity index (χ2v) is 14.8. The third-order valence-corrected chi connectivity index (χ3v) is 9.93. The predicted molar refractivity (Wildman–Crippen MR) is 190 cm³/mol. The molecule has 0 unspecified atom stereocenters. The van der Waals surface area contributed by atoms with Crippen LogP contribution in [0.3, 0.4) is 0 Å². The van der Waals surface area contributed by atoms with Gasteiger partial charge in [-0.2, -0.15) is 0 Å². The van der Waals surface area contributed by atoms with Crippen molar-refractivity contribution in [1.29, 1.82) is 0 Å². The number of para-hydroxylation sites is 2. The third kappa shape index (κ3) is 3.62. The normalized spacial score (nSPS) is 13.1. The molecule has 0 radical (unpaired) electrons. The highest BCUT2D eigenvalue weighted by atomic mass is 15.0. The molecule has 0 aliphatic rings. The summed E-state index contributed by atoms with van der Waals surface area (Å²) in [7, 11) is 4.50. The summed E-state index contributed by atoms with van der Waals surface area (Å²) in [6.07, 6.45) is 0. The molecular formula is C41H41N3. The first-order valence-corrected chi connectivity index (χ1v) is 15.9. The fourth-order valence-electron chi connectivity index (χ4n) is 7.88. The average Bonchev–Trinajstić information content (AvgIpc) is 3.58. The molecule has 5 aromatic carbocycles. The van der Waals surface area contributed by atoms with E-state index in [9.17, 15) is 0 Å². The summed E-state index contributed by atoms with van der Waals surface area (Å²) in [4.78, 5) is 0. The average molecular weight is 576 g/mol. The molecule has 0 aliphatic carbocycles. The van der Waals surface area contributed by atoms with Crippen LogP contribution >= 0.6 is 0 Å². The smallest absolute Gasteiger partial charge is 0.0534 e. The number of benzene rings is 5. The molecule has 0 N–H and O–H groups in total. The van der Waals surface area contributed by atoms with Crippen molar-refractivity contribution in [2.75, 3.05) is 0 Å². The molecule has 0 amide bonds. The molecule has 0 saturated heterocycles. The van der Waals surface area contributed by atoms with E-state index in [1.807, 2.05) is 0 Å². The van der Waals surface area contributed by atoms with Crippen molar-refractivity contribution >= 4 is 65.4 Å². The Balaban J connectivity index is 1.74. The number of aryl methyl sites for hydroxylation is 2. The zero-order valence-corrected chi connectivity index (χ0v) is 27.2. The van der Waals surface area contributed by atoms with Gasteiger partial charge in [0.15, 0.2) is 0 Å². The van der Waals surface area contributed by atoms with Gasteiger partial charge < -0.3 is 13.7 Å². The standard InChI is InChI=1S/C41H41N3/c1-40(2,3)28-22-32-36(34-26-18-12-14-20-30(26)42(7)38(28)34)37-33(44(32)24-25-16-10-9-11-17-25)23-29(41(4,5)6)39-35(37)27-19-13-15-21-31(27)43(39)8/h9-23H,24H2,1-8H3. The lowest BCUT2D eigenvalue weighted by Crippen LogP contribution is -2.14. The first-order valence-electron chi connectivity index (χ1n) is 15.9. The Bertz CT molecular complexity index is 2280. The van der Waals surface area contributed by atoms with E-state index < -0.39 is 0 Å². The van der Waals surface area contributed by atoms with E-state index in [-0.39, 0.29) is 10.8 Å². The Labute approximate surface area is 259 Å². The monoisotopic (exact) mass is 575 g/mol. The topological polar surface area (TPSA) is 14.8 Å². The molecule has 220 valence electrons. The minimum Gasteiger partial charge on any atom is -0.343 e. The fourth-order valence-corrected chi connectivity index (χ4v) is 7.88. The van der Waals surface area contributed by atoms with E-state index in [2.05, 4.69) is 160 Å². The lowest BCUT2D eigenvalue weighted by atomic mass is 9.83. The van der Waals surface area contributed by atoms with Crippen molar-refractivity contribution in [2.24, 2.45) is 14.1 Å². The molecule has 0 bridgehead atoms. The molecule has 3 aromatic heterocycles. The minimum absolute atomic E-state index is 0.0338. The van der Waals surface area contributed by atoms with E-state index in [1.165, 1.54) is 82.1 Å². The molecule has 0 fully saturated rings. The summed E-state index contributed by atoms with van der Waals surface area (Å²) in [6, 6.07) is 34.0. The van der Waals surface area contributed by atoms with Crippen molar-refractivity contribution in [3.05, 3.63) is 108 Å². The van der Waals surface area contributed by atoms with E-state index in [1.54, 1.807) is 0 Å². The van der Waals surface area contributed by atoms with Gasteiger partial charge in [-0.05, 0) is 51.8 Å². The highest BCUT2D eigenvalue weighted by Gasteiger charge is 2.30. The Hall–Kier alpha value is -4.50. The molecular weight excluding hydrogens is 534 g/mol. The first-order chi connectivity index (χ1) is 21.0. The van der Waals surface area contributed by atoms with Crippen LogP contribution in [0.25, 0.3) is 65.4 Å². The molecule has 3 heteroatoms. The largest absolute Gasteiger partial charge is 0.343 e. The quantitative estimate of drug-likeness (QED) is 0.195. The van der Waals surface area contributed by atoms with Crippen molar-refractivity contribution in [3.8, 4) is 0 Å². The van der Waals surface area contributed by atoms with Gasteiger partial charge in [0.1, 0.15) is 0 Å². The van der Waals surface area contributed by atoms with Crippen LogP contribution in [0.4, 0.5) is 0 Å². The molecule has 0 spiro atoms. The SMILES string of the molecule is Cn1c2ccccc2c2c3c4c5c6ccccc6n(C)c5c(C(C)(C)C)cc4n(Cc4ccccc4)c3cc(C(C)(C)C)c21. The van der Waals surface area contributed by atoms with Crippen LogP contribution in [-0.4, -0.2) is 13.7 Å². The Morgan fingerprint density at radius 3 is 1.32 bits per heavy atom. The summed E-state index contributed by atoms with van der Waals surface area (Å²) in [5.41, 5.74) is 11.9. The maximum Gasteiger partial charge on any atom is 0.0534 e. The molecule has 8 aromatic rings. The number of hydrogen-bond donors (Lipinski definition) is 0. The van der Waals surface area contributed by atoms with E-state index in [0.29, 0.717) is 0 Å². The molecule has 44 heavy (non-hydrogen) atoms. The van der Waals surface area contributed by atoms with Crippen molar-refractivity contribution < 1.29 is 0 Å². The number of aromatic nitrogens is 3. The predicted octanol–water partition coefficient (Wildman–Crippen LogP) is 10.7. The maximum atomic E-state index is 2.62. The number of fused-ring (bicyclic) bond motifs is 11. The minimum atomic E-state index is -0.0338. The van der Waals surface area contributed by atoms with Gasteiger partial charge in [0, 0.05) is 64.0 Å². The van der Waals surface area contributed by atoms with Crippen LogP contribution < -0.4 is 0 Å². The molecule has 3 heterocycles. The maximum absolute atomic E-state index is 2.62. The molecule has 0 saturated carbocycles. The van der Waals surface area contributed by atoms with Crippen LogP contribution in [0, 0.1) is 0 Å². The zero-order valence-electron chi connectivity index (χ0n) is 27.2. The Morgan fingerprint density at radius 1 is 0.477 bits per heavy atom. The molecule has 3 nitrogen and oxygen atoms in total. The highest BCUT2D eigenvalue weighted by Crippen LogP contribution is 2.49. The molecule has 0 atom stereocenters. The van der Waals surface area contributed by atoms with Crippen LogP contribution in [0.2, 0.25) is 0 Å². The summed E-state index contributed by atoms with van der Waals surface area (Å²) in [6.45, 7) is 15.0. The van der Waals surface area contributed by atoms with Gasteiger partial charge in [-0.15, -0.1) is 0 Å². The molecule has 8 rings (SSSR count). The number of rotatable bonds is 2. The summed E-state index contributed by atoms with van der Waals surface area (Å²) >= 11 is 0. The summed E-state index contributed by atoms with van der Waals surface area (Å²) < 4.78 is 7.50. The van der Waals surface area contributed by atoms with Crippen molar-refractivity contribution in [1.82, 2.24) is 13.7 Å². The zero-order chi connectivity index (χ0) is 30.7. The van der Waals surface area contributed by atoms with Gasteiger partial charge in [0.05, 0.1) is 22.1 Å². The number of hydrogen-bond acceptors (Lipinski definition) is 0. The van der Waals surface area contributed by atoms with Crippen molar-refractivity contribution in [3.63, 3.8) is 0 Å². The number of nitrogens with zero attached hydrogens (tertiary/aromatic N) is 3. The van der Waals surface area contributed by atoms with Crippen LogP contribution in [-0.2, 0) is 31.5 Å². The highest BCUT2D eigenvalue weighted by molar-refractivity contribution is 6.36. The van der Waals surface area contributed by atoms with Gasteiger partial charge in [0.25, 0.3) is 0 Å². The lowest BCUT2D eigenvalue weighted by Gasteiger charge is -2.22. The second-order valence-electron chi connectivity index (χ2n) is 14.8. The van der Waals surface area contributed by atoms with E-state index in [0.717, 1.165) is 6.54 Å². The van der Waals surface area contributed by atoms with Gasteiger partial charge in [-0.3, -0.25) is 0 Å². The lowest BCUT2D eigenvalue weighted by molar-refractivity contribution is 0.593. The van der Waals surface area contributed by atoms with Crippen molar-refractivity contribution in [2.45, 2.75) is 58.9 Å². The fraction of sp³-hybridized carbons (Fsp3) is 0.268. The van der Waals surface area contributed by atoms with Crippen LogP contribution in [0.15, 0.2) is 91.0 Å². The summed E-state index contributed by atoms with van der Waals surface area (Å²) in [5, 5.41) is 8.15. The van der Waals surface area contributed by atoms with Gasteiger partial charge in [-0.1, -0.05) is 108 Å². The van der Waals surface area contributed by atoms with Gasteiger partial charge >= 0.3 is 0 Å². The molecule has 0 aliphatic heterocycles. The van der Waals surface area contributed by atoms with Gasteiger partial charge in [0.2, 0.25) is 0 Å². The third-order valence-electron chi connectivity index (χ3n) is 9.93. The van der Waals surface area contributed by atoms with Crippen LogP contribution in [0.5, 0.6) is 0 Å². The Morgan fingerprint density at radius 2 is 0.886 bits per heavy atom. The van der Waals surface area contributed by atoms with E-state index >= 15 is 0 Å². The first kappa shape index (κ1) is 27.1. The van der Waals surface area contributed by atoms with Crippen LogP contribution in [0.1, 0.15) is 58.2 Å². The van der Waals surface area contributed by atoms with E-state index in [4.69, 9.17) is 0 Å². The second kappa shape index (κ2) is 9.01.